The van der Waals surface area contributed by atoms with Gasteiger partial charge in [0.15, 0.2) is 11.5 Å². The van der Waals surface area contributed by atoms with Crippen molar-refractivity contribution in [2.45, 2.75) is 33.2 Å². The molecule has 0 saturated heterocycles. The Bertz CT molecular complexity index is 313. The highest BCUT2D eigenvalue weighted by Gasteiger charge is 2.05. The Morgan fingerprint density at radius 3 is 2.56 bits per heavy atom. The molecule has 0 fully saturated rings. The molecule has 1 aromatic carbocycles. The van der Waals surface area contributed by atoms with E-state index in [1.54, 1.807) is 0 Å². The van der Waals surface area contributed by atoms with Crippen molar-refractivity contribution in [2.75, 3.05) is 13.2 Å². The van der Waals surface area contributed by atoms with Crippen molar-refractivity contribution in [3.63, 3.8) is 0 Å². The van der Waals surface area contributed by atoms with Crippen LogP contribution in [0.5, 0.6) is 11.5 Å². The number of ether oxygens (including phenoxy) is 2. The van der Waals surface area contributed by atoms with E-state index in [2.05, 4.69) is 6.92 Å². The Hall–Kier alpha value is -1.22. The SMILES string of the molecule is CCCCOc1cc(CN)ccc1OCC. The number of hydrogen-bond acceptors (Lipinski definition) is 3. The van der Waals surface area contributed by atoms with Crippen molar-refractivity contribution >= 4 is 0 Å². The molecule has 90 valence electrons. The van der Waals surface area contributed by atoms with E-state index in [1.165, 1.54) is 0 Å². The minimum Gasteiger partial charge on any atom is -0.490 e. The van der Waals surface area contributed by atoms with Crippen LogP contribution in [0, 0.1) is 0 Å². The smallest absolute Gasteiger partial charge is 0.161 e. The van der Waals surface area contributed by atoms with Crippen LogP contribution in [0.25, 0.3) is 0 Å². The summed E-state index contributed by atoms with van der Waals surface area (Å²) >= 11 is 0. The van der Waals surface area contributed by atoms with Crippen LogP contribution in [-0.2, 0) is 6.54 Å². The molecule has 1 rings (SSSR count). The van der Waals surface area contributed by atoms with Gasteiger partial charge in [0.05, 0.1) is 13.2 Å². The highest BCUT2D eigenvalue weighted by atomic mass is 16.5. The van der Waals surface area contributed by atoms with E-state index in [-0.39, 0.29) is 0 Å². The van der Waals surface area contributed by atoms with E-state index < -0.39 is 0 Å². The maximum absolute atomic E-state index is 5.69. The fourth-order valence-electron chi connectivity index (χ4n) is 1.39. The van der Waals surface area contributed by atoms with E-state index >= 15 is 0 Å². The molecule has 0 aliphatic heterocycles. The minimum atomic E-state index is 0.524. The van der Waals surface area contributed by atoms with Gasteiger partial charge in [-0.2, -0.15) is 0 Å². The molecule has 0 atom stereocenters. The third-order valence-electron chi connectivity index (χ3n) is 2.30. The van der Waals surface area contributed by atoms with Crippen LogP contribution in [-0.4, -0.2) is 13.2 Å². The first kappa shape index (κ1) is 12.8. The van der Waals surface area contributed by atoms with Gasteiger partial charge in [-0.1, -0.05) is 19.4 Å². The zero-order chi connectivity index (χ0) is 11.8. The molecule has 0 aliphatic rings. The summed E-state index contributed by atoms with van der Waals surface area (Å²) in [5.74, 6) is 1.61. The van der Waals surface area contributed by atoms with Gasteiger partial charge < -0.3 is 15.2 Å². The summed E-state index contributed by atoms with van der Waals surface area (Å²) in [4.78, 5) is 0. The maximum atomic E-state index is 5.69. The standard InChI is InChI=1S/C13H21NO2/c1-3-5-8-16-13-9-11(10-14)6-7-12(13)15-4-2/h6-7,9H,3-5,8,10,14H2,1-2H3. The van der Waals surface area contributed by atoms with Gasteiger partial charge in [-0.3, -0.25) is 0 Å². The molecule has 0 bridgehead atoms. The monoisotopic (exact) mass is 223 g/mol. The second-order valence-electron chi connectivity index (χ2n) is 3.62. The molecule has 0 radical (unpaired) electrons. The predicted octanol–water partition coefficient (Wildman–Crippen LogP) is 2.72. The van der Waals surface area contributed by atoms with Crippen molar-refractivity contribution in [3.05, 3.63) is 23.8 Å². The molecule has 0 unspecified atom stereocenters. The lowest BCUT2D eigenvalue weighted by Crippen LogP contribution is -2.03. The van der Waals surface area contributed by atoms with Gasteiger partial charge in [0, 0.05) is 6.54 Å². The normalized spacial score (nSPS) is 10.2. The van der Waals surface area contributed by atoms with E-state index in [0.717, 1.165) is 36.5 Å². The average Bonchev–Trinajstić information content (AvgIpc) is 2.31. The average molecular weight is 223 g/mol. The highest BCUT2D eigenvalue weighted by molar-refractivity contribution is 5.42. The molecular weight excluding hydrogens is 202 g/mol. The van der Waals surface area contributed by atoms with Gasteiger partial charge in [0.1, 0.15) is 0 Å². The first-order chi connectivity index (χ1) is 7.81. The number of hydrogen-bond donors (Lipinski definition) is 1. The predicted molar refractivity (Wildman–Crippen MR) is 65.9 cm³/mol. The summed E-state index contributed by atoms with van der Waals surface area (Å²) in [7, 11) is 0. The molecule has 3 nitrogen and oxygen atoms in total. The number of benzene rings is 1. The van der Waals surface area contributed by atoms with Crippen molar-refractivity contribution in [3.8, 4) is 11.5 Å². The molecule has 1 aromatic rings. The van der Waals surface area contributed by atoms with Crippen LogP contribution in [0.15, 0.2) is 18.2 Å². The molecule has 3 heteroatoms. The van der Waals surface area contributed by atoms with Crippen LogP contribution >= 0.6 is 0 Å². The molecule has 16 heavy (non-hydrogen) atoms. The van der Waals surface area contributed by atoms with Crippen LogP contribution in [0.4, 0.5) is 0 Å². The summed E-state index contributed by atoms with van der Waals surface area (Å²) in [6.07, 6.45) is 2.18. The van der Waals surface area contributed by atoms with E-state index in [9.17, 15) is 0 Å². The van der Waals surface area contributed by atoms with Gasteiger partial charge in [-0.15, -0.1) is 0 Å². The first-order valence-electron chi connectivity index (χ1n) is 5.90. The van der Waals surface area contributed by atoms with Gasteiger partial charge in [0.2, 0.25) is 0 Å². The lowest BCUT2D eigenvalue weighted by molar-refractivity contribution is 0.272. The molecule has 0 heterocycles. The summed E-state index contributed by atoms with van der Waals surface area (Å²) < 4.78 is 11.2. The van der Waals surface area contributed by atoms with Crippen molar-refractivity contribution in [1.29, 1.82) is 0 Å². The zero-order valence-electron chi connectivity index (χ0n) is 10.2. The molecule has 0 spiro atoms. The Labute approximate surface area is 97.6 Å². The number of nitrogens with two attached hydrogens (primary N) is 1. The maximum Gasteiger partial charge on any atom is 0.161 e. The van der Waals surface area contributed by atoms with Crippen LogP contribution in [0.2, 0.25) is 0 Å². The van der Waals surface area contributed by atoms with Gasteiger partial charge >= 0.3 is 0 Å². The van der Waals surface area contributed by atoms with Crippen molar-refractivity contribution in [1.82, 2.24) is 0 Å². The first-order valence-corrected chi connectivity index (χ1v) is 5.90. The topological polar surface area (TPSA) is 44.5 Å². The summed E-state index contributed by atoms with van der Waals surface area (Å²) in [6.45, 7) is 6.00. The summed E-state index contributed by atoms with van der Waals surface area (Å²) in [6, 6.07) is 5.85. The fraction of sp³-hybridized carbons (Fsp3) is 0.538. The molecule has 0 amide bonds. The number of rotatable bonds is 7. The second kappa shape index (κ2) is 7.12. The summed E-state index contributed by atoms with van der Waals surface area (Å²) in [5, 5.41) is 0. The Balaban J connectivity index is 2.74. The lowest BCUT2D eigenvalue weighted by Gasteiger charge is -2.12. The minimum absolute atomic E-state index is 0.524. The van der Waals surface area contributed by atoms with E-state index in [0.29, 0.717) is 13.2 Å². The van der Waals surface area contributed by atoms with E-state index in [4.69, 9.17) is 15.2 Å². The Kier molecular flexibility index (Phi) is 5.72. The third kappa shape index (κ3) is 3.74. The van der Waals surface area contributed by atoms with Gasteiger partial charge in [-0.25, -0.2) is 0 Å². The van der Waals surface area contributed by atoms with Crippen LogP contribution in [0.3, 0.4) is 0 Å². The molecule has 2 N–H and O–H groups in total. The van der Waals surface area contributed by atoms with E-state index in [1.807, 2.05) is 25.1 Å². The van der Waals surface area contributed by atoms with Crippen LogP contribution < -0.4 is 15.2 Å². The van der Waals surface area contributed by atoms with Gasteiger partial charge in [0.25, 0.3) is 0 Å². The Morgan fingerprint density at radius 1 is 1.12 bits per heavy atom. The molecule has 0 saturated carbocycles. The quantitative estimate of drug-likeness (QED) is 0.723. The lowest BCUT2D eigenvalue weighted by atomic mass is 10.2. The highest BCUT2D eigenvalue weighted by Crippen LogP contribution is 2.28. The fourth-order valence-corrected chi connectivity index (χ4v) is 1.39. The van der Waals surface area contributed by atoms with Crippen molar-refractivity contribution < 1.29 is 9.47 Å². The molecular formula is C13H21NO2. The summed E-state index contributed by atoms with van der Waals surface area (Å²) in [5.41, 5.74) is 6.67. The van der Waals surface area contributed by atoms with Crippen molar-refractivity contribution in [2.24, 2.45) is 5.73 Å². The van der Waals surface area contributed by atoms with Crippen LogP contribution in [0.1, 0.15) is 32.3 Å². The number of unbranched alkanes of at least 4 members (excludes halogenated alkanes) is 1. The largest absolute Gasteiger partial charge is 0.490 e. The van der Waals surface area contributed by atoms with Gasteiger partial charge in [-0.05, 0) is 31.0 Å². The second-order valence-corrected chi connectivity index (χ2v) is 3.62. The molecule has 0 aliphatic carbocycles. The zero-order valence-corrected chi connectivity index (χ0v) is 10.2. The Morgan fingerprint density at radius 2 is 1.94 bits per heavy atom. The third-order valence-corrected chi connectivity index (χ3v) is 2.30. The molecule has 0 aromatic heterocycles.